The number of benzene rings is 3. The monoisotopic (exact) mass is 454 g/mol. The predicted molar refractivity (Wildman–Crippen MR) is 146 cm³/mol. The first kappa shape index (κ1) is 23.4. The molecule has 4 aromatic rings. The number of nitrogens with zero attached hydrogens (tertiary/aromatic N) is 2. The van der Waals surface area contributed by atoms with Gasteiger partial charge in [0, 0.05) is 11.3 Å². The molecule has 33 heavy (non-hydrogen) atoms. The maximum atomic E-state index is 4.99. The molecule has 0 amide bonds. The zero-order valence-corrected chi connectivity index (χ0v) is 21.9. The molecule has 0 spiro atoms. The van der Waals surface area contributed by atoms with Gasteiger partial charge in [-0.1, -0.05) is 90.1 Å². The van der Waals surface area contributed by atoms with Crippen LogP contribution in [0, 0.1) is 6.92 Å². The normalized spacial score (nSPS) is 13.0. The molecule has 3 aromatic carbocycles. The van der Waals surface area contributed by atoms with E-state index in [-0.39, 0.29) is 10.8 Å². The molecular weight excluding hydrogens is 420 g/mol. The van der Waals surface area contributed by atoms with Crippen LogP contribution in [0.2, 0.25) is 0 Å². The lowest BCUT2D eigenvalue weighted by molar-refractivity contribution is 0.590. The average molecular weight is 455 g/mol. The summed E-state index contributed by atoms with van der Waals surface area (Å²) in [7, 11) is 0. The van der Waals surface area contributed by atoms with E-state index in [1.54, 1.807) is 11.3 Å². The second-order valence-corrected chi connectivity index (χ2v) is 12.0. The van der Waals surface area contributed by atoms with Crippen molar-refractivity contribution in [2.75, 3.05) is 0 Å². The number of hydrogen-bond donors (Lipinski definition) is 0. The molecule has 0 saturated heterocycles. The molecule has 0 radical (unpaired) electrons. The summed E-state index contributed by atoms with van der Waals surface area (Å²) in [6.45, 7) is 17.6. The zero-order valence-electron chi connectivity index (χ0n) is 21.1. The van der Waals surface area contributed by atoms with Crippen molar-refractivity contribution in [2.45, 2.75) is 66.2 Å². The third-order valence-corrected chi connectivity index (χ3v) is 7.23. The molecular formula is C30H34N2S. The minimum Gasteiger partial charge on any atom is -0.253 e. The highest BCUT2D eigenvalue weighted by atomic mass is 32.1. The Bertz CT molecular complexity index is 1310. The Kier molecular flexibility index (Phi) is 6.05. The van der Waals surface area contributed by atoms with Crippen molar-refractivity contribution >= 4 is 33.0 Å². The molecule has 4 rings (SSSR count). The van der Waals surface area contributed by atoms with E-state index in [1.165, 1.54) is 21.4 Å². The molecule has 0 unspecified atom stereocenters. The van der Waals surface area contributed by atoms with Gasteiger partial charge in [0.15, 0.2) is 0 Å². The van der Waals surface area contributed by atoms with E-state index in [4.69, 9.17) is 9.98 Å². The topological polar surface area (TPSA) is 25.2 Å². The maximum absolute atomic E-state index is 4.99. The molecule has 1 aromatic heterocycles. The number of thiazole rings is 1. The van der Waals surface area contributed by atoms with Crippen LogP contribution >= 0.6 is 11.3 Å². The molecule has 0 aliphatic heterocycles. The van der Waals surface area contributed by atoms with Crippen molar-refractivity contribution in [2.24, 2.45) is 4.99 Å². The van der Waals surface area contributed by atoms with Gasteiger partial charge in [0.05, 0.1) is 15.9 Å². The van der Waals surface area contributed by atoms with Gasteiger partial charge in [-0.3, -0.25) is 4.99 Å². The van der Waals surface area contributed by atoms with Gasteiger partial charge in [0.2, 0.25) is 0 Å². The van der Waals surface area contributed by atoms with Gasteiger partial charge in [-0.2, -0.15) is 0 Å². The van der Waals surface area contributed by atoms with E-state index in [0.29, 0.717) is 0 Å². The minimum atomic E-state index is 0.154. The van der Waals surface area contributed by atoms with Crippen LogP contribution in [0.5, 0.6) is 0 Å². The molecule has 0 bridgehead atoms. The smallest absolute Gasteiger partial charge is 0.124 e. The van der Waals surface area contributed by atoms with Crippen LogP contribution in [0.3, 0.4) is 0 Å². The standard InChI is InChI=1S/C30H34N2S/c1-19-17-26-27(33-28(32-26)22-11-15-24(16-12-22)30(6,7)8)18-25(19)31-20(2)21-9-13-23(14-10-21)29(3,4)5/h9-18H,1-8H3/b31-20+. The second-order valence-electron chi connectivity index (χ2n) is 11.0. The summed E-state index contributed by atoms with van der Waals surface area (Å²) in [6.07, 6.45) is 0. The Morgan fingerprint density at radius 3 is 1.88 bits per heavy atom. The van der Waals surface area contributed by atoms with Crippen molar-refractivity contribution in [3.8, 4) is 10.6 Å². The van der Waals surface area contributed by atoms with Crippen molar-refractivity contribution in [1.82, 2.24) is 4.98 Å². The van der Waals surface area contributed by atoms with Crippen molar-refractivity contribution in [3.63, 3.8) is 0 Å². The number of hydrogen-bond acceptors (Lipinski definition) is 3. The van der Waals surface area contributed by atoms with Crippen LogP contribution < -0.4 is 0 Å². The van der Waals surface area contributed by atoms with E-state index in [2.05, 4.69) is 116 Å². The van der Waals surface area contributed by atoms with Crippen LogP contribution in [0.15, 0.2) is 65.7 Å². The van der Waals surface area contributed by atoms with Crippen LogP contribution in [0.1, 0.15) is 70.7 Å². The quantitative estimate of drug-likeness (QED) is 0.283. The van der Waals surface area contributed by atoms with Gasteiger partial charge in [-0.05, 0) is 59.1 Å². The van der Waals surface area contributed by atoms with Crippen LogP contribution in [-0.4, -0.2) is 10.7 Å². The third-order valence-electron chi connectivity index (χ3n) is 6.16. The first-order valence-electron chi connectivity index (χ1n) is 11.6. The number of aromatic nitrogens is 1. The molecule has 0 aliphatic rings. The van der Waals surface area contributed by atoms with Crippen LogP contribution in [0.4, 0.5) is 5.69 Å². The Morgan fingerprint density at radius 1 is 0.788 bits per heavy atom. The van der Waals surface area contributed by atoms with E-state index in [0.717, 1.165) is 33.1 Å². The fraction of sp³-hybridized carbons (Fsp3) is 0.333. The molecule has 0 N–H and O–H groups in total. The van der Waals surface area contributed by atoms with E-state index in [1.807, 2.05) is 0 Å². The van der Waals surface area contributed by atoms with E-state index < -0.39 is 0 Å². The molecule has 1 heterocycles. The summed E-state index contributed by atoms with van der Waals surface area (Å²) >= 11 is 1.73. The summed E-state index contributed by atoms with van der Waals surface area (Å²) in [5.41, 5.74) is 9.54. The van der Waals surface area contributed by atoms with Gasteiger partial charge < -0.3 is 0 Å². The predicted octanol–water partition coefficient (Wildman–Crippen LogP) is 9.01. The molecule has 3 heteroatoms. The lowest BCUT2D eigenvalue weighted by Crippen LogP contribution is -2.11. The fourth-order valence-corrected chi connectivity index (χ4v) is 4.87. The lowest BCUT2D eigenvalue weighted by Gasteiger charge is -2.19. The molecule has 170 valence electrons. The summed E-state index contributed by atoms with van der Waals surface area (Å²) in [6, 6.07) is 21.9. The second kappa shape index (κ2) is 8.53. The summed E-state index contributed by atoms with van der Waals surface area (Å²) in [5.74, 6) is 0. The van der Waals surface area contributed by atoms with Crippen molar-refractivity contribution < 1.29 is 0 Å². The van der Waals surface area contributed by atoms with Gasteiger partial charge in [0.1, 0.15) is 5.01 Å². The first-order valence-corrected chi connectivity index (χ1v) is 12.4. The van der Waals surface area contributed by atoms with Crippen molar-refractivity contribution in [3.05, 3.63) is 82.9 Å². The number of aliphatic imine (C=N–C) groups is 1. The Balaban J connectivity index is 1.65. The highest BCUT2D eigenvalue weighted by Gasteiger charge is 2.15. The first-order chi connectivity index (χ1) is 15.4. The van der Waals surface area contributed by atoms with Crippen LogP contribution in [-0.2, 0) is 10.8 Å². The zero-order chi connectivity index (χ0) is 24.0. The maximum Gasteiger partial charge on any atom is 0.124 e. The van der Waals surface area contributed by atoms with Crippen molar-refractivity contribution in [1.29, 1.82) is 0 Å². The molecule has 0 atom stereocenters. The van der Waals surface area contributed by atoms with Gasteiger partial charge in [0.25, 0.3) is 0 Å². The number of aryl methyl sites for hydroxylation is 1. The summed E-state index contributed by atoms with van der Waals surface area (Å²) in [4.78, 5) is 9.90. The fourth-order valence-electron chi connectivity index (χ4n) is 3.88. The molecule has 0 saturated carbocycles. The summed E-state index contributed by atoms with van der Waals surface area (Å²) < 4.78 is 1.17. The van der Waals surface area contributed by atoms with E-state index in [9.17, 15) is 0 Å². The molecule has 2 nitrogen and oxygen atoms in total. The van der Waals surface area contributed by atoms with Crippen LogP contribution in [0.25, 0.3) is 20.8 Å². The van der Waals surface area contributed by atoms with Gasteiger partial charge in [-0.25, -0.2) is 4.98 Å². The van der Waals surface area contributed by atoms with Gasteiger partial charge >= 0.3 is 0 Å². The number of rotatable bonds is 3. The molecule has 0 aliphatic carbocycles. The molecule has 0 fully saturated rings. The van der Waals surface area contributed by atoms with Gasteiger partial charge in [-0.15, -0.1) is 11.3 Å². The summed E-state index contributed by atoms with van der Waals surface area (Å²) in [5, 5.41) is 1.06. The largest absolute Gasteiger partial charge is 0.253 e. The minimum absolute atomic E-state index is 0.154. The SMILES string of the molecule is C/C(=N\c1cc2sc(-c3ccc(C(C)(C)C)cc3)nc2cc1C)c1ccc(C(C)(C)C)cc1. The number of fused-ring (bicyclic) bond motifs is 1. The average Bonchev–Trinajstić information content (AvgIpc) is 3.15. The third kappa shape index (κ3) is 5.09. The lowest BCUT2D eigenvalue weighted by atomic mass is 9.86. The highest BCUT2D eigenvalue weighted by Crippen LogP contribution is 2.35. The van der Waals surface area contributed by atoms with E-state index >= 15 is 0 Å². The highest BCUT2D eigenvalue weighted by molar-refractivity contribution is 7.21. The Hall–Kier alpha value is -2.78. The Morgan fingerprint density at radius 2 is 1.33 bits per heavy atom. The Labute approximate surface area is 202 Å².